The molecule has 5 heterocycles. The number of ketones is 1. The SMILES string of the molecule is COc1ccc(/C=C/c2[nH]nc3ccc(C(=O)NC4CC4)c(OC)c23)cc1OC.COc1ccc(/C=C/c2[nH]nc3ccc(C(=O)NCc4ccccc4)c(OC)c23)cc1OC.COc1ccc(/C=C/c2[nH]nc3ccc(C(=O)NCc4cccnc4)c(OC)c23)cc1OC.O=C1CCC(C(=O)Nc2cc3c(/C=C/c4ccc(F)cc4)n[nH]c3cc2F)C1. The van der Waals surface area contributed by atoms with Gasteiger partial charge in [-0.15, -0.1) is 0 Å². The van der Waals surface area contributed by atoms with Gasteiger partial charge in [0.05, 0.1) is 147 Å². The normalized spacial score (nSPS) is 13.0. The molecule has 0 spiro atoms. The van der Waals surface area contributed by atoms with E-state index >= 15 is 0 Å². The molecule has 0 aliphatic heterocycles. The third-order valence-electron chi connectivity index (χ3n) is 20.2. The summed E-state index contributed by atoms with van der Waals surface area (Å²) in [6.45, 7) is 0.795. The smallest absolute Gasteiger partial charge is 0.255 e. The van der Waals surface area contributed by atoms with Crippen molar-refractivity contribution in [3.8, 4) is 51.7 Å². The van der Waals surface area contributed by atoms with Crippen molar-refractivity contribution >= 4 is 127 Å². The van der Waals surface area contributed by atoms with Crippen molar-refractivity contribution in [2.75, 3.05) is 69.3 Å². The zero-order chi connectivity index (χ0) is 86.5. The van der Waals surface area contributed by atoms with Crippen LogP contribution in [0.1, 0.15) is 119 Å². The number of pyridine rings is 1. The average molecular weight is 1660 g/mol. The molecule has 4 amide bonds. The molecule has 1 atom stereocenters. The number of methoxy groups -OCH3 is 9. The number of hydrogen-bond acceptors (Lipinski definition) is 19. The first-order valence-corrected chi connectivity index (χ1v) is 39.0. The first-order valence-electron chi connectivity index (χ1n) is 39.0. The highest BCUT2D eigenvalue weighted by Crippen LogP contribution is 2.39. The fourth-order valence-corrected chi connectivity index (χ4v) is 13.7. The number of fused-ring (bicyclic) bond motifs is 4. The summed E-state index contributed by atoms with van der Waals surface area (Å²) in [5.41, 5.74) is 12.3. The molecule has 2 saturated carbocycles. The van der Waals surface area contributed by atoms with E-state index in [4.69, 9.17) is 42.6 Å². The second kappa shape index (κ2) is 40.4. The van der Waals surface area contributed by atoms with Crippen LogP contribution in [0.4, 0.5) is 14.5 Å². The van der Waals surface area contributed by atoms with E-state index in [-0.39, 0.29) is 53.4 Å². The Labute approximate surface area is 705 Å². The molecule has 0 saturated heterocycles. The van der Waals surface area contributed by atoms with Crippen molar-refractivity contribution in [1.29, 1.82) is 0 Å². The Morgan fingerprint density at radius 1 is 0.439 bits per heavy atom. The molecule has 27 nitrogen and oxygen atoms in total. The maximum absolute atomic E-state index is 14.4. The van der Waals surface area contributed by atoms with Gasteiger partial charge in [0.1, 0.15) is 34.7 Å². The summed E-state index contributed by atoms with van der Waals surface area (Å²) in [7, 11) is 14.3. The Kier molecular flexibility index (Phi) is 28.0. The van der Waals surface area contributed by atoms with Crippen LogP contribution in [-0.2, 0) is 22.7 Å². The van der Waals surface area contributed by atoms with Gasteiger partial charge < -0.3 is 63.9 Å². The van der Waals surface area contributed by atoms with Crippen LogP contribution in [0, 0.1) is 17.6 Å². The molecular formula is C94H89F2N13O14. The van der Waals surface area contributed by atoms with E-state index in [1.54, 1.807) is 131 Å². The number of carbonyl (C=O) groups excluding carboxylic acids is 5. The highest BCUT2D eigenvalue weighted by atomic mass is 19.1. The molecule has 8 N–H and O–H groups in total. The van der Waals surface area contributed by atoms with Crippen LogP contribution in [0.3, 0.4) is 0 Å². The van der Waals surface area contributed by atoms with Crippen LogP contribution < -0.4 is 63.9 Å². The van der Waals surface area contributed by atoms with Crippen molar-refractivity contribution < 1.29 is 75.4 Å². The number of benzene rings is 9. The van der Waals surface area contributed by atoms with Gasteiger partial charge in [-0.2, -0.15) is 20.4 Å². The second-order valence-electron chi connectivity index (χ2n) is 28.2. The van der Waals surface area contributed by atoms with E-state index in [1.165, 1.54) is 24.3 Å². The summed E-state index contributed by atoms with van der Waals surface area (Å²) in [5.74, 6) is 3.18. The summed E-state index contributed by atoms with van der Waals surface area (Å²) < 4.78 is 76.2. The lowest BCUT2D eigenvalue weighted by Gasteiger charge is -2.11. The minimum atomic E-state index is -0.581. The van der Waals surface area contributed by atoms with Gasteiger partial charge in [-0.3, -0.25) is 49.4 Å². The summed E-state index contributed by atoms with van der Waals surface area (Å²) in [6, 6.07) is 50.1. The molecule has 16 rings (SSSR count). The number of ether oxygens (including phenoxy) is 9. The second-order valence-corrected chi connectivity index (χ2v) is 28.2. The first-order chi connectivity index (χ1) is 59.9. The van der Waals surface area contributed by atoms with Gasteiger partial charge in [0, 0.05) is 61.7 Å². The Bertz CT molecular complexity index is 6070. The van der Waals surface area contributed by atoms with Crippen LogP contribution in [0.2, 0.25) is 0 Å². The monoisotopic (exact) mass is 1660 g/mol. The fraction of sp³-hybridized carbons (Fsp3) is 0.191. The van der Waals surface area contributed by atoms with Gasteiger partial charge in [0.25, 0.3) is 17.7 Å². The zero-order valence-corrected chi connectivity index (χ0v) is 68.8. The summed E-state index contributed by atoms with van der Waals surface area (Å²) >= 11 is 0. The predicted octanol–water partition coefficient (Wildman–Crippen LogP) is 16.7. The number of aromatic nitrogens is 9. The lowest BCUT2D eigenvalue weighted by atomic mass is 10.1. The van der Waals surface area contributed by atoms with Crippen molar-refractivity contribution in [3.05, 3.63) is 267 Å². The molecule has 5 aromatic heterocycles. The van der Waals surface area contributed by atoms with E-state index in [2.05, 4.69) is 67.0 Å². The van der Waals surface area contributed by atoms with Gasteiger partial charge in [0.2, 0.25) is 5.91 Å². The highest BCUT2D eigenvalue weighted by Gasteiger charge is 2.30. The van der Waals surface area contributed by atoms with Crippen LogP contribution in [0.25, 0.3) is 92.2 Å². The topological polar surface area (TPSA) is 344 Å². The summed E-state index contributed by atoms with van der Waals surface area (Å²) in [5, 5.41) is 43.4. The number of carbonyl (C=O) groups is 5. The Morgan fingerprint density at radius 2 is 0.886 bits per heavy atom. The number of Topliss-reactive ketones (excluding diaryl/α,β-unsaturated/α-hetero) is 1. The van der Waals surface area contributed by atoms with Gasteiger partial charge in [-0.05, 0) is 174 Å². The zero-order valence-electron chi connectivity index (χ0n) is 68.8. The van der Waals surface area contributed by atoms with Gasteiger partial charge >= 0.3 is 0 Å². The number of nitrogens with zero attached hydrogens (tertiary/aromatic N) is 5. The summed E-state index contributed by atoms with van der Waals surface area (Å²) in [4.78, 5) is 66.2. The molecule has 2 aliphatic carbocycles. The molecule has 9 aromatic carbocycles. The molecular weight excluding hydrogens is 1570 g/mol. The van der Waals surface area contributed by atoms with Crippen LogP contribution in [0.5, 0.6) is 51.7 Å². The standard InChI is InChI=1S/C26H25N3O4.C25H24N4O4.C22H23N3O4.C21H17F2N3O2/c1-31-22-14-10-17(15-23(22)32-2)9-12-20-24-21(29-28-20)13-11-19(25(24)33-3)26(30)27-16-18-7-5-4-6-8-18;1-31-21-11-7-16(13-22(21)32-2)6-9-19-23-20(29-28-19)10-8-18(24(23)33-3)25(30)27-15-17-5-4-12-26-14-17;1-27-18-11-5-13(12-19(18)28-2)4-9-16-20-17(25-24-16)10-8-15(21(20)29-3)22(26)23-14-6-7-14;22-14-5-1-12(2-6-14)3-8-18-16-10-20(17(23)11-19(16)26-25-18)24-21(28)13-4-7-15(27)9-13/h4-15H,16H2,1-3H3,(H,27,30)(H,28,29);4-14H,15H2,1-3H3,(H,27,30)(H,28,29);4-5,8-12,14H,6-7H2,1-3H3,(H,23,26)(H,24,25);1-3,5-6,8,10-11,13H,4,7,9H2,(H,24,28)(H,25,26)/b12-9+;9-6+;9-4+;8-3+. The van der Waals surface area contributed by atoms with Crippen molar-refractivity contribution in [2.45, 2.75) is 51.2 Å². The number of hydrogen-bond donors (Lipinski definition) is 8. The van der Waals surface area contributed by atoms with Crippen LogP contribution in [0.15, 0.2) is 182 Å². The molecule has 2 aliphatic rings. The quantitative estimate of drug-likeness (QED) is 0.0237. The van der Waals surface area contributed by atoms with Crippen LogP contribution in [-0.4, -0.2) is 145 Å². The third-order valence-corrected chi connectivity index (χ3v) is 20.2. The first kappa shape index (κ1) is 85.5. The van der Waals surface area contributed by atoms with Crippen molar-refractivity contribution in [3.63, 3.8) is 0 Å². The fourth-order valence-electron chi connectivity index (χ4n) is 13.7. The average Bonchev–Trinajstić information content (AvgIpc) is 1.72. The summed E-state index contributed by atoms with van der Waals surface area (Å²) in [6.07, 6.45) is 21.5. The molecule has 0 radical (unpaired) electrons. The van der Waals surface area contributed by atoms with Gasteiger partial charge in [-0.1, -0.05) is 91.0 Å². The number of anilines is 1. The number of amides is 4. The molecule has 14 aromatic rings. The van der Waals surface area contributed by atoms with E-state index in [0.717, 1.165) is 85.0 Å². The van der Waals surface area contributed by atoms with Crippen molar-refractivity contribution in [1.82, 2.24) is 61.7 Å². The highest BCUT2D eigenvalue weighted by molar-refractivity contribution is 6.08. The van der Waals surface area contributed by atoms with E-state index < -0.39 is 11.7 Å². The molecule has 29 heteroatoms. The maximum atomic E-state index is 14.4. The maximum Gasteiger partial charge on any atom is 0.255 e. The Morgan fingerprint density at radius 3 is 1.32 bits per heavy atom. The van der Waals surface area contributed by atoms with E-state index in [9.17, 15) is 32.8 Å². The van der Waals surface area contributed by atoms with Crippen molar-refractivity contribution in [2.24, 2.45) is 5.92 Å². The number of nitrogens with one attached hydrogen (secondary N) is 8. The number of H-pyrrole nitrogens is 4. The molecule has 2 fully saturated rings. The Hall–Kier alpha value is -15.4. The molecule has 0 bridgehead atoms. The largest absolute Gasteiger partial charge is 0.495 e. The third kappa shape index (κ3) is 20.8. The van der Waals surface area contributed by atoms with Gasteiger partial charge in [-0.25, -0.2) is 8.78 Å². The van der Waals surface area contributed by atoms with Gasteiger partial charge in [0.15, 0.2) is 34.5 Å². The number of halogens is 2. The molecule has 123 heavy (non-hydrogen) atoms. The van der Waals surface area contributed by atoms with E-state index in [1.807, 2.05) is 140 Å². The minimum Gasteiger partial charge on any atom is -0.495 e. The van der Waals surface area contributed by atoms with Crippen LogP contribution >= 0.6 is 0 Å². The molecule has 1 unspecified atom stereocenters. The number of aromatic amines is 4. The lowest BCUT2D eigenvalue weighted by Crippen LogP contribution is -2.25. The molecule has 628 valence electrons. The lowest BCUT2D eigenvalue weighted by molar-refractivity contribution is -0.122. The minimum absolute atomic E-state index is 0.0506. The number of rotatable bonds is 27. The van der Waals surface area contributed by atoms with E-state index in [0.29, 0.717) is 122 Å². The predicted molar refractivity (Wildman–Crippen MR) is 469 cm³/mol. The Balaban J connectivity index is 0.000000141.